The third-order valence-corrected chi connectivity index (χ3v) is 7.82. The smallest absolute Gasteiger partial charge is 0.352 e. The van der Waals surface area contributed by atoms with Gasteiger partial charge >= 0.3 is 5.69 Å². The lowest BCUT2D eigenvalue weighted by atomic mass is 10.1. The van der Waals surface area contributed by atoms with Crippen LogP contribution in [0.2, 0.25) is 0 Å². The van der Waals surface area contributed by atoms with Crippen molar-refractivity contribution in [3.05, 3.63) is 46.1 Å². The van der Waals surface area contributed by atoms with Gasteiger partial charge in [-0.15, -0.1) is 6.42 Å². The first-order valence-corrected chi connectivity index (χ1v) is 16.6. The number of fused-ring (bicyclic) bond motifs is 5. The number of aryl methyl sites for hydroxylation is 1. The van der Waals surface area contributed by atoms with Crippen LogP contribution >= 0.6 is 24.2 Å². The first-order valence-electron chi connectivity index (χ1n) is 15.4. The van der Waals surface area contributed by atoms with Crippen LogP contribution in [0, 0.1) is 113 Å². The van der Waals surface area contributed by atoms with E-state index < -0.39 is 0 Å². The molecule has 1 aromatic carbocycles. The summed E-state index contributed by atoms with van der Waals surface area (Å²) in [7, 11) is 3.21. The molecule has 0 saturated carbocycles. The van der Waals surface area contributed by atoms with E-state index in [9.17, 15) is 4.79 Å². The topological polar surface area (TPSA) is 186 Å². The summed E-state index contributed by atoms with van der Waals surface area (Å²) in [4.78, 5) is 21.8. The fourth-order valence-electron chi connectivity index (χ4n) is 4.38. The summed E-state index contributed by atoms with van der Waals surface area (Å²) in [5, 5.41) is 25.6. The standard InChI is InChI=1S/C19H19N5O3S.C19H4.H3N5O3S.7H2/c1-26-13-6-5-11(8-14(13)27-2)9-23-18-15(12-4-3-7-20-17(12)28-18)16-21-10-22-24(16)19(23)25;1-3-5-7-9-11-13-15-17-19-18-16-14-12-10-8-6-4-2;1-2-3-4-5(7-6)8-9;;;;;;;/h5-6,8,10,20H,3-4,7,9H2,1-2H3;1H,2H3;1,6,9H;7*1H/b;;2-1?,4-3+;;;;;;;. The number of benzene rings is 1. The lowest BCUT2D eigenvalue weighted by Crippen LogP contribution is -2.28. The molecule has 0 radical (unpaired) electrons. The maximum absolute atomic E-state index is 13.2. The molecule has 4 heterocycles. The van der Waals surface area contributed by atoms with Gasteiger partial charge in [-0.1, -0.05) is 28.3 Å². The van der Waals surface area contributed by atoms with E-state index >= 15 is 0 Å². The second-order valence-corrected chi connectivity index (χ2v) is 10.8. The fourth-order valence-corrected chi connectivity index (χ4v) is 5.71. The number of ether oxygens (including phenoxy) is 2. The highest BCUT2D eigenvalue weighted by molar-refractivity contribution is 7.75. The second-order valence-electron chi connectivity index (χ2n) is 9.62. The number of hydrogen-bond acceptors (Lipinski definition) is 13. The van der Waals surface area contributed by atoms with Crippen molar-refractivity contribution >= 4 is 45.1 Å². The number of nitrogens with zero attached hydrogens (tertiary/aromatic N) is 8. The Morgan fingerprint density at radius 3 is 2.20 bits per heavy atom. The molecular weight excluding hydrogens is 757 g/mol. The van der Waals surface area contributed by atoms with Crippen molar-refractivity contribution < 1.29 is 34.0 Å². The molecule has 56 heavy (non-hydrogen) atoms. The largest absolute Gasteiger partial charge is 0.493 e. The zero-order valence-corrected chi connectivity index (χ0v) is 31.3. The van der Waals surface area contributed by atoms with Gasteiger partial charge in [-0.25, -0.2) is 15.0 Å². The Hall–Kier alpha value is -7.80. The molecule has 4 aromatic rings. The van der Waals surface area contributed by atoms with E-state index in [1.807, 2.05) is 18.2 Å². The van der Waals surface area contributed by atoms with Gasteiger partial charge in [-0.05, 0) is 148 Å². The molecule has 5 rings (SSSR count). The number of hydrogen-bond donors (Lipinski definition) is 4. The number of nitrogens with one attached hydrogen (secondary N) is 2. The quantitative estimate of drug-likeness (QED) is 0.0431. The Kier molecular flexibility index (Phi) is 18.6. The predicted molar refractivity (Wildman–Crippen MR) is 225 cm³/mol. The van der Waals surface area contributed by atoms with Gasteiger partial charge in [0.15, 0.2) is 17.1 Å². The summed E-state index contributed by atoms with van der Waals surface area (Å²) in [6, 6.07) is 5.69. The highest BCUT2D eigenvalue weighted by atomic mass is 32.1. The zero-order valence-electron chi connectivity index (χ0n) is 29.6. The van der Waals surface area contributed by atoms with Crippen molar-refractivity contribution in [1.82, 2.24) is 24.5 Å². The molecule has 0 atom stereocenters. The van der Waals surface area contributed by atoms with Crippen molar-refractivity contribution in [1.29, 1.82) is 5.53 Å². The van der Waals surface area contributed by atoms with E-state index in [4.69, 9.17) is 26.7 Å². The summed E-state index contributed by atoms with van der Waals surface area (Å²) in [5.74, 6) is 43.2. The van der Waals surface area contributed by atoms with Gasteiger partial charge in [-0.3, -0.25) is 4.57 Å². The molecule has 1 aliphatic heterocycles. The summed E-state index contributed by atoms with van der Waals surface area (Å²) < 4.78 is 17.7. The van der Waals surface area contributed by atoms with Crippen LogP contribution in [-0.4, -0.2) is 50.5 Å². The lowest BCUT2D eigenvalue weighted by molar-refractivity contribution is -0.478. The SMILES string of the molecule is C#CC#CC#CC#CC#CC#CC#CC#CC#CC.COc1ccc(Cn2c(=O)n3ncnc3c3c4c(sc32)NCCC4)cc1OC.N=N/N=N/N(OO)OS.[HH].[HH].[HH].[HH].[HH].[HH].[HH]. The molecule has 0 aliphatic carbocycles. The second kappa shape index (κ2) is 24.4. The van der Waals surface area contributed by atoms with Crippen LogP contribution in [0.1, 0.15) is 34.5 Å². The molecule has 18 heteroatoms. The number of thiol groups is 1. The molecule has 0 bridgehead atoms. The van der Waals surface area contributed by atoms with E-state index in [1.54, 1.807) is 37.0 Å². The third-order valence-electron chi connectivity index (χ3n) is 6.46. The number of rotatable bonds is 8. The lowest BCUT2D eigenvalue weighted by Gasteiger charge is -2.13. The minimum absolute atomic E-state index is 0. The molecule has 0 saturated heterocycles. The number of anilines is 1. The zero-order chi connectivity index (χ0) is 40.4. The monoisotopic (exact) mass is 796 g/mol. The van der Waals surface area contributed by atoms with Crippen molar-refractivity contribution in [2.75, 3.05) is 26.1 Å². The van der Waals surface area contributed by atoms with E-state index in [1.165, 1.54) is 16.4 Å². The minimum Gasteiger partial charge on any atom is -0.493 e. The normalized spacial score (nSPS) is 9.64. The molecule has 0 amide bonds. The molecule has 3 N–H and O–H groups in total. The number of thiophene rings is 1. The average Bonchev–Trinajstić information content (AvgIpc) is 3.87. The first kappa shape index (κ1) is 42.6. The van der Waals surface area contributed by atoms with Crippen LogP contribution in [0.5, 0.6) is 11.5 Å². The van der Waals surface area contributed by atoms with E-state index in [0.717, 1.165) is 40.2 Å². The van der Waals surface area contributed by atoms with Crippen LogP contribution in [0.15, 0.2) is 45.0 Å². The maximum Gasteiger partial charge on any atom is 0.352 e. The predicted octanol–water partition coefficient (Wildman–Crippen LogP) is 5.70. The van der Waals surface area contributed by atoms with Crippen molar-refractivity contribution in [3.63, 3.8) is 0 Å². The number of terminal acetylenes is 1. The van der Waals surface area contributed by atoms with Gasteiger partial charge in [0.1, 0.15) is 11.2 Å². The van der Waals surface area contributed by atoms with E-state index in [0.29, 0.717) is 23.7 Å². The van der Waals surface area contributed by atoms with E-state index in [-0.39, 0.29) is 21.0 Å². The highest BCUT2D eigenvalue weighted by Crippen LogP contribution is 2.39. The fraction of sp³-hybridized carbons (Fsp3) is 0.184. The van der Waals surface area contributed by atoms with Gasteiger partial charge in [-0.2, -0.15) is 19.4 Å². The van der Waals surface area contributed by atoms with Gasteiger partial charge < -0.3 is 14.8 Å². The number of aromatic nitrogens is 4. The van der Waals surface area contributed by atoms with Crippen LogP contribution in [0.25, 0.3) is 15.9 Å². The number of methoxy groups -OCH3 is 2. The van der Waals surface area contributed by atoms with Crippen LogP contribution < -0.4 is 20.5 Å². The van der Waals surface area contributed by atoms with Crippen LogP contribution in [-0.2, 0) is 22.2 Å². The summed E-state index contributed by atoms with van der Waals surface area (Å²) in [6.45, 7) is 3.05. The molecule has 0 unspecified atom stereocenters. The van der Waals surface area contributed by atoms with Gasteiger partial charge in [0, 0.05) is 40.0 Å². The Morgan fingerprint density at radius 1 is 1.02 bits per heavy atom. The van der Waals surface area contributed by atoms with Crippen molar-refractivity contribution in [2.24, 2.45) is 15.7 Å². The van der Waals surface area contributed by atoms with Gasteiger partial charge in [0.05, 0.1) is 31.2 Å². The van der Waals surface area contributed by atoms with E-state index in [2.05, 4.69) is 154 Å². The van der Waals surface area contributed by atoms with Crippen molar-refractivity contribution in [3.8, 4) is 119 Å². The molecule has 0 spiro atoms. The Labute approximate surface area is 341 Å². The third kappa shape index (κ3) is 12.7. The minimum atomic E-state index is -0.201. The summed E-state index contributed by atoms with van der Waals surface area (Å²) >= 11 is 4.76. The average molecular weight is 797 g/mol. The molecule has 16 nitrogen and oxygen atoms in total. The Bertz CT molecular complexity index is 2750. The maximum atomic E-state index is 13.2. The molecule has 1 aliphatic rings. The van der Waals surface area contributed by atoms with Crippen LogP contribution in [0.3, 0.4) is 0 Å². The molecular formula is C38H40N10O6S2. The van der Waals surface area contributed by atoms with Gasteiger partial charge in [0.2, 0.25) is 0 Å². The van der Waals surface area contributed by atoms with Crippen LogP contribution in [0.4, 0.5) is 5.00 Å². The van der Waals surface area contributed by atoms with Gasteiger partial charge in [0.25, 0.3) is 0 Å². The molecule has 0 fully saturated rings. The summed E-state index contributed by atoms with van der Waals surface area (Å²) in [6.07, 6.45) is 8.37. The van der Waals surface area contributed by atoms with Crippen molar-refractivity contribution in [2.45, 2.75) is 26.3 Å². The Morgan fingerprint density at radius 2 is 1.64 bits per heavy atom. The highest BCUT2D eigenvalue weighted by Gasteiger charge is 2.23. The summed E-state index contributed by atoms with van der Waals surface area (Å²) in [5.41, 5.74) is 8.67. The first-order chi connectivity index (χ1) is 27.5. The molecule has 290 valence electrons. The molecule has 3 aromatic heterocycles. The Balaban J connectivity index is -0.000000284.